The highest BCUT2D eigenvalue weighted by Crippen LogP contribution is 2.06. The molecule has 0 aliphatic carbocycles. The van der Waals surface area contributed by atoms with Crippen molar-refractivity contribution < 1.29 is 9.18 Å². The van der Waals surface area contributed by atoms with Crippen LogP contribution in [0.4, 0.5) is 10.2 Å². The van der Waals surface area contributed by atoms with Crippen LogP contribution in [0.2, 0.25) is 0 Å². The Labute approximate surface area is 95.3 Å². The van der Waals surface area contributed by atoms with Crippen molar-refractivity contribution in [1.29, 1.82) is 0 Å². The molecule has 0 spiro atoms. The first-order chi connectivity index (χ1) is 8.15. The monoisotopic (exact) mass is 233 g/mol. The van der Waals surface area contributed by atoms with Crippen LogP contribution < -0.4 is 10.9 Å². The van der Waals surface area contributed by atoms with Crippen LogP contribution >= 0.6 is 0 Å². The molecular weight excluding hydrogens is 225 g/mol. The van der Waals surface area contributed by atoms with Gasteiger partial charge in [-0.25, -0.2) is 9.49 Å². The zero-order valence-corrected chi connectivity index (χ0v) is 8.61. The molecule has 0 saturated heterocycles. The molecule has 2 aromatic rings. The van der Waals surface area contributed by atoms with Crippen molar-refractivity contribution in [2.45, 2.75) is 0 Å². The Bertz CT molecular complexity index is 589. The number of aromatic amines is 1. The Kier molecular flexibility index (Phi) is 2.95. The third-order valence-corrected chi connectivity index (χ3v) is 2.01. The molecule has 1 aromatic heterocycles. The van der Waals surface area contributed by atoms with Gasteiger partial charge in [-0.15, -0.1) is 0 Å². The van der Waals surface area contributed by atoms with Crippen molar-refractivity contribution in [1.82, 2.24) is 10.2 Å². The van der Waals surface area contributed by atoms with Gasteiger partial charge in [-0.05, 0) is 24.3 Å². The van der Waals surface area contributed by atoms with E-state index in [2.05, 4.69) is 15.5 Å². The van der Waals surface area contributed by atoms with E-state index in [1.807, 2.05) is 0 Å². The largest absolute Gasteiger partial charge is 0.305 e. The van der Waals surface area contributed by atoms with Gasteiger partial charge in [-0.3, -0.25) is 9.59 Å². The maximum atomic E-state index is 12.9. The van der Waals surface area contributed by atoms with E-state index in [9.17, 15) is 14.0 Å². The summed E-state index contributed by atoms with van der Waals surface area (Å²) < 4.78 is 12.9. The standard InChI is InChI=1S/C11H8FN3O2/c12-8-3-1-2-7(6-8)11(17)13-9-4-5-10(16)15-14-9/h1-6H,(H,15,16)(H,13,14,17). The molecule has 17 heavy (non-hydrogen) atoms. The minimum atomic E-state index is -0.496. The predicted molar refractivity (Wildman–Crippen MR) is 59.2 cm³/mol. The summed E-state index contributed by atoms with van der Waals surface area (Å²) in [5.41, 5.74) is -0.188. The Hall–Kier alpha value is -2.50. The summed E-state index contributed by atoms with van der Waals surface area (Å²) in [4.78, 5) is 22.4. The molecular formula is C11H8FN3O2. The summed E-state index contributed by atoms with van der Waals surface area (Å²) in [5, 5.41) is 8.20. The van der Waals surface area contributed by atoms with E-state index in [0.29, 0.717) is 0 Å². The molecule has 0 radical (unpaired) electrons. The summed E-state index contributed by atoms with van der Waals surface area (Å²) >= 11 is 0. The van der Waals surface area contributed by atoms with Crippen LogP contribution in [-0.2, 0) is 0 Å². The number of hydrogen-bond acceptors (Lipinski definition) is 3. The minimum absolute atomic E-state index is 0.179. The van der Waals surface area contributed by atoms with E-state index >= 15 is 0 Å². The molecule has 0 bridgehead atoms. The van der Waals surface area contributed by atoms with Crippen molar-refractivity contribution in [2.75, 3.05) is 5.32 Å². The summed E-state index contributed by atoms with van der Waals surface area (Å²) in [7, 11) is 0. The van der Waals surface area contributed by atoms with Gasteiger partial charge in [0.1, 0.15) is 5.82 Å². The van der Waals surface area contributed by atoms with Gasteiger partial charge in [0.05, 0.1) is 0 Å². The van der Waals surface area contributed by atoms with Gasteiger partial charge in [-0.1, -0.05) is 6.07 Å². The normalized spacial score (nSPS) is 9.94. The average Bonchev–Trinajstić information content (AvgIpc) is 2.32. The first-order valence-corrected chi connectivity index (χ1v) is 4.78. The highest BCUT2D eigenvalue weighted by Gasteiger charge is 2.07. The third-order valence-electron chi connectivity index (χ3n) is 2.01. The zero-order valence-electron chi connectivity index (χ0n) is 8.61. The number of H-pyrrole nitrogens is 1. The van der Waals surface area contributed by atoms with Crippen LogP contribution in [0.15, 0.2) is 41.2 Å². The summed E-state index contributed by atoms with van der Waals surface area (Å²) in [6.45, 7) is 0. The van der Waals surface area contributed by atoms with Crippen molar-refractivity contribution in [2.24, 2.45) is 0 Å². The number of nitrogens with one attached hydrogen (secondary N) is 2. The number of nitrogens with zero attached hydrogens (tertiary/aromatic N) is 1. The fourth-order valence-corrected chi connectivity index (χ4v) is 1.23. The van der Waals surface area contributed by atoms with E-state index in [1.165, 1.54) is 30.3 Å². The Morgan fingerprint density at radius 3 is 2.76 bits per heavy atom. The zero-order chi connectivity index (χ0) is 12.3. The number of carbonyl (C=O) groups is 1. The Morgan fingerprint density at radius 1 is 1.29 bits per heavy atom. The Morgan fingerprint density at radius 2 is 2.12 bits per heavy atom. The van der Waals surface area contributed by atoms with E-state index in [4.69, 9.17) is 0 Å². The number of carbonyl (C=O) groups excluding carboxylic acids is 1. The quantitative estimate of drug-likeness (QED) is 0.817. The Balaban J connectivity index is 2.17. The molecule has 0 unspecified atom stereocenters. The molecule has 2 rings (SSSR count). The number of benzene rings is 1. The number of aromatic nitrogens is 2. The second kappa shape index (κ2) is 4.56. The minimum Gasteiger partial charge on any atom is -0.305 e. The van der Waals surface area contributed by atoms with Crippen molar-refractivity contribution in [3.63, 3.8) is 0 Å². The fraction of sp³-hybridized carbons (Fsp3) is 0. The highest BCUT2D eigenvalue weighted by atomic mass is 19.1. The number of hydrogen-bond donors (Lipinski definition) is 2. The maximum absolute atomic E-state index is 12.9. The van der Waals surface area contributed by atoms with Crippen molar-refractivity contribution >= 4 is 11.7 Å². The smallest absolute Gasteiger partial charge is 0.264 e. The molecule has 86 valence electrons. The molecule has 6 heteroatoms. The van der Waals surface area contributed by atoms with Gasteiger partial charge < -0.3 is 5.32 Å². The van der Waals surface area contributed by atoms with Crippen LogP contribution in [-0.4, -0.2) is 16.1 Å². The third kappa shape index (κ3) is 2.75. The molecule has 0 saturated carbocycles. The van der Waals surface area contributed by atoms with Crippen LogP contribution in [0.1, 0.15) is 10.4 Å². The lowest BCUT2D eigenvalue weighted by Crippen LogP contribution is -2.15. The van der Waals surface area contributed by atoms with Crippen LogP contribution in [0, 0.1) is 5.82 Å². The molecule has 0 fully saturated rings. The first-order valence-electron chi connectivity index (χ1n) is 4.78. The van der Waals surface area contributed by atoms with E-state index in [-0.39, 0.29) is 16.9 Å². The number of anilines is 1. The molecule has 2 N–H and O–H groups in total. The summed E-state index contributed by atoms with van der Waals surface area (Å²) in [6.07, 6.45) is 0. The van der Waals surface area contributed by atoms with Crippen molar-refractivity contribution in [3.8, 4) is 0 Å². The lowest BCUT2D eigenvalue weighted by molar-refractivity contribution is 0.102. The second-order valence-corrected chi connectivity index (χ2v) is 3.27. The number of rotatable bonds is 2. The molecule has 1 aromatic carbocycles. The van der Waals surface area contributed by atoms with E-state index < -0.39 is 11.7 Å². The van der Waals surface area contributed by atoms with Crippen LogP contribution in [0.25, 0.3) is 0 Å². The van der Waals surface area contributed by atoms with Gasteiger partial charge in [0, 0.05) is 11.6 Å². The molecule has 0 aliphatic heterocycles. The topological polar surface area (TPSA) is 74.8 Å². The van der Waals surface area contributed by atoms with E-state index in [0.717, 1.165) is 6.07 Å². The van der Waals surface area contributed by atoms with E-state index in [1.54, 1.807) is 0 Å². The predicted octanol–water partition coefficient (Wildman–Crippen LogP) is 1.16. The second-order valence-electron chi connectivity index (χ2n) is 3.27. The van der Waals surface area contributed by atoms with Gasteiger partial charge in [0.2, 0.25) is 0 Å². The van der Waals surface area contributed by atoms with Gasteiger partial charge in [-0.2, -0.15) is 5.10 Å². The summed E-state index contributed by atoms with van der Waals surface area (Å²) in [6, 6.07) is 7.86. The fourth-order valence-electron chi connectivity index (χ4n) is 1.23. The number of halogens is 1. The first kappa shape index (κ1) is 11.0. The lowest BCUT2D eigenvalue weighted by atomic mass is 10.2. The molecule has 5 nitrogen and oxygen atoms in total. The van der Waals surface area contributed by atoms with Crippen LogP contribution in [0.3, 0.4) is 0 Å². The maximum Gasteiger partial charge on any atom is 0.264 e. The molecule has 1 heterocycles. The molecule has 0 atom stereocenters. The molecule has 0 aliphatic rings. The molecule has 1 amide bonds. The summed E-state index contributed by atoms with van der Waals surface area (Å²) in [5.74, 6) is -0.796. The highest BCUT2D eigenvalue weighted by molar-refractivity contribution is 6.03. The van der Waals surface area contributed by atoms with Crippen molar-refractivity contribution in [3.05, 3.63) is 58.1 Å². The van der Waals surface area contributed by atoms with Gasteiger partial charge in [0.15, 0.2) is 5.82 Å². The van der Waals surface area contributed by atoms with Gasteiger partial charge in [0.25, 0.3) is 11.5 Å². The SMILES string of the molecule is O=C(Nc1ccc(=O)[nH]n1)c1cccc(F)c1. The lowest BCUT2D eigenvalue weighted by Gasteiger charge is -2.03. The van der Waals surface area contributed by atoms with Crippen LogP contribution in [0.5, 0.6) is 0 Å². The average molecular weight is 233 g/mol. The van der Waals surface area contributed by atoms with Gasteiger partial charge >= 0.3 is 0 Å². The number of amides is 1.